The average Bonchev–Trinajstić information content (AvgIpc) is 3.05. The molecule has 0 fully saturated rings. The number of carboxylic acids is 1. The molecule has 0 atom stereocenters. The van der Waals surface area contributed by atoms with Gasteiger partial charge in [-0.2, -0.15) is 0 Å². The summed E-state index contributed by atoms with van der Waals surface area (Å²) in [5.41, 5.74) is 3.82. The van der Waals surface area contributed by atoms with E-state index in [2.05, 4.69) is 20.3 Å². The van der Waals surface area contributed by atoms with Gasteiger partial charge in [0.2, 0.25) is 0 Å². The molecule has 6 heteroatoms. The second kappa shape index (κ2) is 5.76. The van der Waals surface area contributed by atoms with E-state index in [0.717, 1.165) is 45.6 Å². The highest BCUT2D eigenvalue weighted by molar-refractivity contribution is 9.10. The third kappa shape index (κ3) is 2.60. The fourth-order valence-electron chi connectivity index (χ4n) is 3.24. The van der Waals surface area contributed by atoms with Crippen LogP contribution in [0.4, 0.5) is 0 Å². The molecule has 118 valence electrons. The maximum atomic E-state index is 11.4. The van der Waals surface area contributed by atoms with E-state index in [0.29, 0.717) is 0 Å². The Labute approximate surface area is 145 Å². The van der Waals surface area contributed by atoms with E-state index in [4.69, 9.17) is 4.98 Å². The van der Waals surface area contributed by atoms with Gasteiger partial charge in [-0.1, -0.05) is 28.1 Å². The number of hydrogen-bond donors (Lipinski definition) is 1. The predicted molar refractivity (Wildman–Crippen MR) is 94.2 cm³/mol. The Morgan fingerprint density at radius 1 is 1.26 bits per heavy atom. The van der Waals surface area contributed by atoms with Gasteiger partial charge in [0.05, 0.1) is 17.8 Å². The Bertz CT molecular complexity index is 896. The molecular weight excluding hydrogens is 376 g/mol. The lowest BCUT2D eigenvalue weighted by atomic mass is 10.0. The molecule has 1 aliphatic carbocycles. The fraction of sp³-hybridized carbons (Fsp3) is 0.294. The SMILES string of the molecule is O=C(O)Cc1c(-c2ccc(Br)cc2)nc2sc3c(n12)CCCC3. The van der Waals surface area contributed by atoms with Crippen molar-refractivity contribution in [1.29, 1.82) is 0 Å². The van der Waals surface area contributed by atoms with Crippen molar-refractivity contribution in [3.05, 3.63) is 45.0 Å². The zero-order valence-corrected chi connectivity index (χ0v) is 14.8. The van der Waals surface area contributed by atoms with Crippen LogP contribution >= 0.6 is 27.3 Å². The highest BCUT2D eigenvalue weighted by atomic mass is 79.9. The molecule has 3 aromatic rings. The van der Waals surface area contributed by atoms with Gasteiger partial charge in [-0.25, -0.2) is 4.98 Å². The molecule has 23 heavy (non-hydrogen) atoms. The number of aliphatic carboxylic acids is 1. The molecule has 1 aliphatic rings. The molecule has 0 saturated heterocycles. The van der Waals surface area contributed by atoms with E-state index in [9.17, 15) is 9.90 Å². The van der Waals surface area contributed by atoms with Gasteiger partial charge in [0.15, 0.2) is 4.96 Å². The first-order valence-corrected chi connectivity index (χ1v) is 9.24. The highest BCUT2D eigenvalue weighted by Gasteiger charge is 2.24. The number of carbonyl (C=O) groups is 1. The maximum absolute atomic E-state index is 11.4. The average molecular weight is 391 g/mol. The van der Waals surface area contributed by atoms with Crippen LogP contribution < -0.4 is 0 Å². The molecule has 4 rings (SSSR count). The van der Waals surface area contributed by atoms with Crippen LogP contribution in [0.25, 0.3) is 16.2 Å². The molecule has 0 unspecified atom stereocenters. The lowest BCUT2D eigenvalue weighted by Crippen LogP contribution is -2.09. The molecule has 0 saturated carbocycles. The van der Waals surface area contributed by atoms with Crippen molar-refractivity contribution in [2.45, 2.75) is 32.1 Å². The summed E-state index contributed by atoms with van der Waals surface area (Å²) in [6.07, 6.45) is 4.47. The molecule has 0 amide bonds. The smallest absolute Gasteiger partial charge is 0.309 e. The third-order valence-corrected chi connectivity index (χ3v) is 5.92. The number of imidazole rings is 1. The zero-order valence-electron chi connectivity index (χ0n) is 12.4. The van der Waals surface area contributed by atoms with Gasteiger partial charge >= 0.3 is 5.97 Å². The zero-order chi connectivity index (χ0) is 16.0. The minimum Gasteiger partial charge on any atom is -0.481 e. The van der Waals surface area contributed by atoms with Crippen LogP contribution in [0.1, 0.15) is 29.1 Å². The van der Waals surface area contributed by atoms with Gasteiger partial charge in [-0.15, -0.1) is 11.3 Å². The van der Waals surface area contributed by atoms with Gasteiger partial charge in [0.25, 0.3) is 0 Å². The lowest BCUT2D eigenvalue weighted by molar-refractivity contribution is -0.136. The molecule has 2 heterocycles. The quantitative estimate of drug-likeness (QED) is 0.723. The number of benzene rings is 1. The largest absolute Gasteiger partial charge is 0.481 e. The lowest BCUT2D eigenvalue weighted by Gasteiger charge is -2.12. The highest BCUT2D eigenvalue weighted by Crippen LogP contribution is 2.35. The number of hydrogen-bond acceptors (Lipinski definition) is 3. The van der Waals surface area contributed by atoms with E-state index in [-0.39, 0.29) is 6.42 Å². The van der Waals surface area contributed by atoms with Crippen LogP contribution in [0.3, 0.4) is 0 Å². The van der Waals surface area contributed by atoms with Crippen LogP contribution in [-0.2, 0) is 24.1 Å². The molecule has 0 bridgehead atoms. The summed E-state index contributed by atoms with van der Waals surface area (Å²) in [5.74, 6) is -0.819. The first-order chi connectivity index (χ1) is 11.1. The minimum atomic E-state index is -0.819. The molecule has 0 aliphatic heterocycles. The number of rotatable bonds is 3. The van der Waals surface area contributed by atoms with Crippen molar-refractivity contribution in [2.24, 2.45) is 0 Å². The Hall–Kier alpha value is -1.66. The number of nitrogens with zero attached hydrogens (tertiary/aromatic N) is 2. The first kappa shape index (κ1) is 14.9. The Morgan fingerprint density at radius 2 is 2.00 bits per heavy atom. The maximum Gasteiger partial charge on any atom is 0.309 e. The van der Waals surface area contributed by atoms with Crippen LogP contribution in [-0.4, -0.2) is 20.5 Å². The van der Waals surface area contributed by atoms with Crippen LogP contribution in [0.5, 0.6) is 0 Å². The van der Waals surface area contributed by atoms with Crippen molar-refractivity contribution < 1.29 is 9.90 Å². The van der Waals surface area contributed by atoms with E-state index in [1.54, 1.807) is 11.3 Å². The standard InChI is InChI=1S/C17H15BrN2O2S/c18-11-7-5-10(6-8-11)16-13(9-15(21)22)20-12-3-1-2-4-14(12)23-17(20)19-16/h5-8H,1-4,9H2,(H,21,22). The minimum absolute atomic E-state index is 0.00423. The van der Waals surface area contributed by atoms with Crippen molar-refractivity contribution in [2.75, 3.05) is 0 Å². The second-order valence-corrected chi connectivity index (χ2v) is 7.76. The van der Waals surface area contributed by atoms with Gasteiger partial charge in [-0.3, -0.25) is 9.20 Å². The summed E-state index contributed by atoms with van der Waals surface area (Å²) in [4.78, 5) is 18.5. The molecule has 1 aromatic carbocycles. The summed E-state index contributed by atoms with van der Waals surface area (Å²) in [5, 5.41) is 9.36. The number of thiazole rings is 1. The molecule has 2 aromatic heterocycles. The Kier molecular flexibility index (Phi) is 3.73. The number of aromatic nitrogens is 2. The van der Waals surface area contributed by atoms with Crippen molar-refractivity contribution in [3.8, 4) is 11.3 Å². The normalized spacial score (nSPS) is 14.1. The van der Waals surface area contributed by atoms with Crippen molar-refractivity contribution in [3.63, 3.8) is 0 Å². The third-order valence-electron chi connectivity index (χ3n) is 4.25. The number of halogens is 1. The van der Waals surface area contributed by atoms with Gasteiger partial charge in [-0.05, 0) is 37.8 Å². The number of fused-ring (bicyclic) bond motifs is 3. The molecule has 4 nitrogen and oxygen atoms in total. The van der Waals surface area contributed by atoms with Gasteiger partial charge < -0.3 is 5.11 Å². The van der Waals surface area contributed by atoms with Gasteiger partial charge in [0.1, 0.15) is 0 Å². The van der Waals surface area contributed by atoms with Gasteiger partial charge in [0, 0.05) is 20.6 Å². The Morgan fingerprint density at radius 3 is 2.74 bits per heavy atom. The topological polar surface area (TPSA) is 54.6 Å². The molecule has 0 spiro atoms. The summed E-state index contributed by atoms with van der Waals surface area (Å²) in [6.45, 7) is 0. The monoisotopic (exact) mass is 390 g/mol. The number of carboxylic acid groups (broad SMARTS) is 1. The van der Waals surface area contributed by atoms with E-state index < -0.39 is 5.97 Å². The van der Waals surface area contributed by atoms with Crippen LogP contribution in [0, 0.1) is 0 Å². The van der Waals surface area contributed by atoms with Crippen molar-refractivity contribution >= 4 is 38.2 Å². The van der Waals surface area contributed by atoms with Crippen molar-refractivity contribution in [1.82, 2.24) is 9.38 Å². The first-order valence-electron chi connectivity index (χ1n) is 7.63. The summed E-state index contributed by atoms with van der Waals surface area (Å²) in [7, 11) is 0. The van der Waals surface area contributed by atoms with E-state index in [1.165, 1.54) is 17.0 Å². The summed E-state index contributed by atoms with van der Waals surface area (Å²) in [6, 6.07) is 7.88. The fourth-order valence-corrected chi connectivity index (χ4v) is 4.73. The number of aryl methyl sites for hydroxylation is 2. The summed E-state index contributed by atoms with van der Waals surface area (Å²) < 4.78 is 3.10. The van der Waals surface area contributed by atoms with Crippen LogP contribution in [0.2, 0.25) is 0 Å². The van der Waals surface area contributed by atoms with E-state index >= 15 is 0 Å². The second-order valence-electron chi connectivity index (χ2n) is 5.78. The molecule has 1 N–H and O–H groups in total. The van der Waals surface area contributed by atoms with E-state index in [1.807, 2.05) is 24.3 Å². The van der Waals surface area contributed by atoms with Crippen LogP contribution in [0.15, 0.2) is 28.7 Å². The molecule has 0 radical (unpaired) electrons. The molecular formula is C17H15BrN2O2S. The Balaban J connectivity index is 1.94. The predicted octanol–water partition coefficient (Wildman–Crippen LogP) is 4.33. The summed E-state index contributed by atoms with van der Waals surface area (Å²) >= 11 is 5.14.